The summed E-state index contributed by atoms with van der Waals surface area (Å²) in [6.45, 7) is 0. The number of amides is 1. The topological polar surface area (TPSA) is 86.6 Å². The Kier molecular flexibility index (Phi) is 4.45. The van der Waals surface area contributed by atoms with Crippen LogP contribution in [-0.2, 0) is 11.2 Å². The van der Waals surface area contributed by atoms with E-state index in [2.05, 4.69) is 5.32 Å². The normalized spacial score (nSPS) is 10.1. The van der Waals surface area contributed by atoms with E-state index >= 15 is 0 Å². The van der Waals surface area contributed by atoms with Gasteiger partial charge in [0.05, 0.1) is 12.0 Å². The molecule has 3 N–H and O–H groups in total. The Morgan fingerprint density at radius 3 is 2.57 bits per heavy atom. The Morgan fingerprint density at radius 2 is 1.86 bits per heavy atom. The second kappa shape index (κ2) is 6.28. The average Bonchev–Trinajstić information content (AvgIpc) is 2.43. The number of para-hydroxylation sites is 1. The Hall–Kier alpha value is -2.53. The Morgan fingerprint density at radius 1 is 1.14 bits per heavy atom. The van der Waals surface area contributed by atoms with Gasteiger partial charge >= 0.3 is 5.97 Å². The molecule has 6 heteroatoms. The van der Waals surface area contributed by atoms with E-state index in [0.29, 0.717) is 16.3 Å². The average molecular weight is 306 g/mol. The fraction of sp³-hybridized carbons (Fsp3) is 0.0667. The molecule has 0 radical (unpaired) electrons. The number of carboxylic acids is 1. The molecule has 0 bridgehead atoms. The van der Waals surface area contributed by atoms with Crippen LogP contribution in [-0.4, -0.2) is 22.1 Å². The summed E-state index contributed by atoms with van der Waals surface area (Å²) >= 11 is 5.80. The van der Waals surface area contributed by atoms with Crippen molar-refractivity contribution in [1.82, 2.24) is 0 Å². The van der Waals surface area contributed by atoms with E-state index in [-0.39, 0.29) is 17.7 Å². The van der Waals surface area contributed by atoms with E-state index in [9.17, 15) is 14.7 Å². The van der Waals surface area contributed by atoms with Crippen LogP contribution in [0.5, 0.6) is 5.75 Å². The molecule has 0 unspecified atom stereocenters. The lowest BCUT2D eigenvalue weighted by Gasteiger charge is -2.10. The second-order valence-electron chi connectivity index (χ2n) is 4.34. The third-order valence-electron chi connectivity index (χ3n) is 2.81. The zero-order chi connectivity index (χ0) is 15.4. The maximum Gasteiger partial charge on any atom is 0.307 e. The summed E-state index contributed by atoms with van der Waals surface area (Å²) in [6, 6.07) is 10.7. The molecule has 0 heterocycles. The first-order valence-electron chi connectivity index (χ1n) is 6.07. The molecule has 2 aromatic carbocycles. The minimum absolute atomic E-state index is 0.0210. The van der Waals surface area contributed by atoms with Crippen molar-refractivity contribution in [1.29, 1.82) is 0 Å². The van der Waals surface area contributed by atoms with Crippen LogP contribution in [0.25, 0.3) is 0 Å². The SMILES string of the molecule is O=C(O)Cc1ccccc1NC(=O)c1cc(Cl)ccc1O. The highest BCUT2D eigenvalue weighted by molar-refractivity contribution is 6.31. The summed E-state index contributed by atoms with van der Waals surface area (Å²) in [5, 5.41) is 21.4. The van der Waals surface area contributed by atoms with Gasteiger partial charge in [0.15, 0.2) is 0 Å². The van der Waals surface area contributed by atoms with Crippen molar-refractivity contribution in [3.63, 3.8) is 0 Å². The van der Waals surface area contributed by atoms with Gasteiger partial charge in [-0.2, -0.15) is 0 Å². The highest BCUT2D eigenvalue weighted by Gasteiger charge is 2.14. The van der Waals surface area contributed by atoms with Gasteiger partial charge in [0.2, 0.25) is 0 Å². The van der Waals surface area contributed by atoms with Gasteiger partial charge in [-0.3, -0.25) is 9.59 Å². The number of benzene rings is 2. The van der Waals surface area contributed by atoms with Gasteiger partial charge in [-0.25, -0.2) is 0 Å². The predicted molar refractivity (Wildman–Crippen MR) is 78.9 cm³/mol. The molecule has 0 aliphatic heterocycles. The minimum atomic E-state index is -0.998. The van der Waals surface area contributed by atoms with Gasteiger partial charge in [-0.05, 0) is 29.8 Å². The van der Waals surface area contributed by atoms with Gasteiger partial charge in [-0.15, -0.1) is 0 Å². The molecular formula is C15H12ClNO4. The lowest BCUT2D eigenvalue weighted by molar-refractivity contribution is -0.136. The van der Waals surface area contributed by atoms with E-state index in [0.717, 1.165) is 0 Å². The first kappa shape index (κ1) is 14.9. The first-order valence-corrected chi connectivity index (χ1v) is 6.44. The zero-order valence-corrected chi connectivity index (χ0v) is 11.6. The van der Waals surface area contributed by atoms with E-state index in [4.69, 9.17) is 16.7 Å². The van der Waals surface area contributed by atoms with Crippen LogP contribution in [0.15, 0.2) is 42.5 Å². The van der Waals surface area contributed by atoms with Gasteiger partial charge in [0.25, 0.3) is 5.91 Å². The van der Waals surface area contributed by atoms with Gasteiger partial charge in [0, 0.05) is 10.7 Å². The molecule has 5 nitrogen and oxygen atoms in total. The van der Waals surface area contributed by atoms with Gasteiger partial charge in [-0.1, -0.05) is 29.8 Å². The van der Waals surface area contributed by atoms with Crippen molar-refractivity contribution < 1.29 is 19.8 Å². The Labute approximate surface area is 125 Å². The Balaban J connectivity index is 2.27. The number of nitrogens with one attached hydrogen (secondary N) is 1. The third kappa shape index (κ3) is 3.73. The second-order valence-corrected chi connectivity index (χ2v) is 4.78. The maximum atomic E-state index is 12.1. The molecule has 0 saturated heterocycles. The molecule has 0 spiro atoms. The van der Waals surface area contributed by atoms with E-state index in [1.54, 1.807) is 24.3 Å². The van der Waals surface area contributed by atoms with Crippen LogP contribution < -0.4 is 5.32 Å². The summed E-state index contributed by atoms with van der Waals surface area (Å²) < 4.78 is 0. The van der Waals surface area contributed by atoms with E-state index in [1.165, 1.54) is 18.2 Å². The van der Waals surface area contributed by atoms with Gasteiger partial charge < -0.3 is 15.5 Å². The molecular weight excluding hydrogens is 294 g/mol. The molecule has 0 saturated carbocycles. The predicted octanol–water partition coefficient (Wildman–Crippen LogP) is 2.93. The number of phenolic OH excluding ortho intramolecular Hbond substituents is 1. The van der Waals surface area contributed by atoms with Crippen LogP contribution in [0.4, 0.5) is 5.69 Å². The zero-order valence-electron chi connectivity index (χ0n) is 10.8. The van der Waals surface area contributed by atoms with Crippen molar-refractivity contribution >= 4 is 29.2 Å². The van der Waals surface area contributed by atoms with Crippen LogP contribution in [0, 0.1) is 0 Å². The lowest BCUT2D eigenvalue weighted by atomic mass is 10.1. The highest BCUT2D eigenvalue weighted by Crippen LogP contribution is 2.23. The number of aliphatic carboxylic acids is 1. The van der Waals surface area contributed by atoms with Crippen molar-refractivity contribution in [2.24, 2.45) is 0 Å². The van der Waals surface area contributed by atoms with Crippen LogP contribution in [0.3, 0.4) is 0 Å². The summed E-state index contributed by atoms with van der Waals surface area (Å²) in [5.41, 5.74) is 0.872. The maximum absolute atomic E-state index is 12.1. The molecule has 0 aliphatic carbocycles. The summed E-state index contributed by atoms with van der Waals surface area (Å²) in [6.07, 6.45) is -0.210. The lowest BCUT2D eigenvalue weighted by Crippen LogP contribution is -2.14. The standard InChI is InChI=1S/C15H12ClNO4/c16-10-5-6-13(18)11(8-10)15(21)17-12-4-2-1-3-9(12)7-14(19)20/h1-6,8,18H,7H2,(H,17,21)(H,19,20). The molecule has 0 aromatic heterocycles. The summed E-state index contributed by atoms with van der Waals surface area (Å²) in [4.78, 5) is 23.0. The molecule has 0 fully saturated rings. The number of hydrogen-bond acceptors (Lipinski definition) is 3. The van der Waals surface area contributed by atoms with Gasteiger partial charge in [0.1, 0.15) is 5.75 Å². The molecule has 2 aromatic rings. The summed E-state index contributed by atoms with van der Waals surface area (Å²) in [5.74, 6) is -1.76. The van der Waals surface area contributed by atoms with Crippen molar-refractivity contribution in [3.8, 4) is 5.75 Å². The van der Waals surface area contributed by atoms with Crippen molar-refractivity contribution in [2.45, 2.75) is 6.42 Å². The minimum Gasteiger partial charge on any atom is -0.507 e. The molecule has 2 rings (SSSR count). The molecule has 21 heavy (non-hydrogen) atoms. The number of carbonyl (C=O) groups excluding carboxylic acids is 1. The smallest absolute Gasteiger partial charge is 0.307 e. The number of hydrogen-bond donors (Lipinski definition) is 3. The first-order chi connectivity index (χ1) is 9.97. The van der Waals surface area contributed by atoms with Crippen molar-refractivity contribution in [2.75, 3.05) is 5.32 Å². The fourth-order valence-corrected chi connectivity index (χ4v) is 2.01. The number of rotatable bonds is 4. The number of carbonyl (C=O) groups is 2. The number of aromatic hydroxyl groups is 1. The number of halogens is 1. The molecule has 0 atom stereocenters. The largest absolute Gasteiger partial charge is 0.507 e. The quantitative estimate of drug-likeness (QED) is 0.810. The Bertz CT molecular complexity index is 700. The van der Waals surface area contributed by atoms with Crippen LogP contribution in [0.1, 0.15) is 15.9 Å². The number of anilines is 1. The van der Waals surface area contributed by atoms with E-state index in [1.807, 2.05) is 0 Å². The monoisotopic (exact) mass is 305 g/mol. The summed E-state index contributed by atoms with van der Waals surface area (Å²) in [7, 11) is 0. The number of phenols is 1. The molecule has 108 valence electrons. The number of carboxylic acid groups (broad SMARTS) is 1. The van der Waals surface area contributed by atoms with Crippen LogP contribution in [0.2, 0.25) is 5.02 Å². The van der Waals surface area contributed by atoms with E-state index < -0.39 is 11.9 Å². The highest BCUT2D eigenvalue weighted by atomic mass is 35.5. The molecule has 1 amide bonds. The van der Waals surface area contributed by atoms with Crippen LogP contribution >= 0.6 is 11.6 Å². The third-order valence-corrected chi connectivity index (χ3v) is 3.05. The fourth-order valence-electron chi connectivity index (χ4n) is 1.84. The molecule has 0 aliphatic rings. The van der Waals surface area contributed by atoms with Crippen molar-refractivity contribution in [3.05, 3.63) is 58.6 Å².